The second-order valence-corrected chi connectivity index (χ2v) is 3.74. The summed E-state index contributed by atoms with van der Waals surface area (Å²) in [5, 5.41) is 10.7. The quantitative estimate of drug-likeness (QED) is 0.549. The summed E-state index contributed by atoms with van der Waals surface area (Å²) < 4.78 is 0.525. The third-order valence-electron chi connectivity index (χ3n) is 1.12. The Morgan fingerprint density at radius 2 is 2.58 bits per heavy atom. The summed E-state index contributed by atoms with van der Waals surface area (Å²) in [5.74, 6) is 0. The molecule has 0 spiro atoms. The monoisotopic (exact) mass is 204 g/mol. The summed E-state index contributed by atoms with van der Waals surface area (Å²) in [5.41, 5.74) is 0.0565. The van der Waals surface area contributed by atoms with Gasteiger partial charge in [-0.05, 0) is 0 Å². The zero-order valence-corrected chi connectivity index (χ0v) is 7.72. The second-order valence-electron chi connectivity index (χ2n) is 2.05. The smallest absolute Gasteiger partial charge is 0.246 e. The van der Waals surface area contributed by atoms with E-state index in [4.69, 9.17) is 11.6 Å². The minimum Gasteiger partial charge on any atom is -0.259 e. The first-order valence-electron chi connectivity index (χ1n) is 3.03. The van der Waals surface area contributed by atoms with Crippen LogP contribution in [-0.4, -0.2) is 9.91 Å². The van der Waals surface area contributed by atoms with Crippen molar-refractivity contribution in [1.82, 2.24) is 4.98 Å². The molecule has 0 aromatic carbocycles. The minimum atomic E-state index is -0.463. The molecule has 0 aliphatic heterocycles. The molecule has 0 N–H and O–H groups in total. The third kappa shape index (κ3) is 2.28. The van der Waals surface area contributed by atoms with Gasteiger partial charge < -0.3 is 0 Å². The Hall–Kier alpha value is -0.940. The van der Waals surface area contributed by atoms with Crippen LogP contribution in [0.2, 0.25) is 4.34 Å². The molecule has 0 aliphatic rings. The van der Waals surface area contributed by atoms with E-state index in [1.807, 2.05) is 0 Å². The summed E-state index contributed by atoms with van der Waals surface area (Å²) in [7, 11) is 0. The van der Waals surface area contributed by atoms with Gasteiger partial charge in [-0.2, -0.15) is 0 Å². The topological polar surface area (TPSA) is 56.0 Å². The average molecular weight is 205 g/mol. The first-order valence-corrected chi connectivity index (χ1v) is 4.23. The molecule has 0 radical (unpaired) electrons. The van der Waals surface area contributed by atoms with Gasteiger partial charge in [0.2, 0.25) is 5.70 Å². The molecule has 1 aromatic rings. The van der Waals surface area contributed by atoms with Crippen molar-refractivity contribution in [1.29, 1.82) is 0 Å². The fraction of sp³-hybridized carbons (Fsp3) is 0.167. The van der Waals surface area contributed by atoms with Gasteiger partial charge in [0.05, 0.1) is 11.1 Å². The van der Waals surface area contributed by atoms with Crippen LogP contribution in [0.15, 0.2) is 11.9 Å². The summed E-state index contributed by atoms with van der Waals surface area (Å²) in [6.07, 6.45) is 2.85. The lowest BCUT2D eigenvalue weighted by atomic mass is 10.4. The molecule has 4 nitrogen and oxygen atoms in total. The van der Waals surface area contributed by atoms with Crippen LogP contribution >= 0.6 is 22.9 Å². The maximum absolute atomic E-state index is 10.2. The second kappa shape index (κ2) is 3.64. The largest absolute Gasteiger partial charge is 0.259 e. The third-order valence-corrected chi connectivity index (χ3v) is 2.18. The number of thiazole rings is 1. The van der Waals surface area contributed by atoms with Gasteiger partial charge in [0.25, 0.3) is 0 Å². The highest BCUT2D eigenvalue weighted by Crippen LogP contribution is 2.20. The predicted molar refractivity (Wildman–Crippen MR) is 47.8 cm³/mol. The summed E-state index contributed by atoms with van der Waals surface area (Å²) >= 11 is 6.79. The molecule has 0 saturated heterocycles. The number of hydrogen-bond acceptors (Lipinski definition) is 4. The molecular formula is C6H5ClN2O2S. The normalized spacial score (nSPS) is 11.7. The Morgan fingerprint density at radius 1 is 1.92 bits per heavy atom. The number of allylic oxidation sites excluding steroid dienone is 1. The van der Waals surface area contributed by atoms with Crippen molar-refractivity contribution in [2.45, 2.75) is 6.92 Å². The lowest BCUT2D eigenvalue weighted by Crippen LogP contribution is -1.92. The van der Waals surface area contributed by atoms with Gasteiger partial charge in [-0.25, -0.2) is 4.98 Å². The van der Waals surface area contributed by atoms with E-state index in [2.05, 4.69) is 4.98 Å². The van der Waals surface area contributed by atoms with Gasteiger partial charge >= 0.3 is 0 Å². The van der Waals surface area contributed by atoms with E-state index in [0.29, 0.717) is 9.34 Å². The van der Waals surface area contributed by atoms with Crippen LogP contribution in [0.1, 0.15) is 11.9 Å². The standard InChI is InChI=1S/C6H5ClN2O2S/c1-4(9(10)11)2-6-8-3-5(7)12-6/h2-3H,1H3/b4-2-. The number of hydrogen-bond donors (Lipinski definition) is 0. The van der Waals surface area contributed by atoms with Gasteiger partial charge in [-0.1, -0.05) is 11.6 Å². The molecule has 12 heavy (non-hydrogen) atoms. The highest BCUT2D eigenvalue weighted by molar-refractivity contribution is 7.16. The van der Waals surface area contributed by atoms with Crippen LogP contribution in [-0.2, 0) is 0 Å². The summed E-state index contributed by atoms with van der Waals surface area (Å²) in [6, 6.07) is 0. The molecule has 0 unspecified atom stereocenters. The maximum Gasteiger partial charge on any atom is 0.246 e. The van der Waals surface area contributed by atoms with Gasteiger partial charge in [0.15, 0.2) is 0 Å². The fourth-order valence-corrected chi connectivity index (χ4v) is 1.49. The molecule has 0 aliphatic carbocycles. The number of nitro groups is 1. The van der Waals surface area contributed by atoms with E-state index in [1.54, 1.807) is 0 Å². The van der Waals surface area contributed by atoms with Crippen molar-refractivity contribution >= 4 is 29.0 Å². The molecule has 1 rings (SSSR count). The molecular weight excluding hydrogens is 200 g/mol. The summed E-state index contributed by atoms with van der Waals surface area (Å²) in [6.45, 7) is 1.41. The van der Waals surface area contributed by atoms with E-state index < -0.39 is 4.92 Å². The highest BCUT2D eigenvalue weighted by atomic mass is 35.5. The van der Waals surface area contributed by atoms with Gasteiger partial charge in [-0.15, -0.1) is 11.3 Å². The highest BCUT2D eigenvalue weighted by Gasteiger charge is 2.04. The van der Waals surface area contributed by atoms with Crippen molar-refractivity contribution in [3.05, 3.63) is 31.4 Å². The Balaban J connectivity index is 2.87. The maximum atomic E-state index is 10.2. The molecule has 0 saturated carbocycles. The number of aromatic nitrogens is 1. The van der Waals surface area contributed by atoms with E-state index in [0.717, 1.165) is 0 Å². The fourth-order valence-electron chi connectivity index (χ4n) is 0.565. The Bertz CT molecular complexity index is 334. The molecule has 0 atom stereocenters. The van der Waals surface area contributed by atoms with Gasteiger partial charge in [0, 0.05) is 13.0 Å². The van der Waals surface area contributed by atoms with E-state index >= 15 is 0 Å². The zero-order valence-electron chi connectivity index (χ0n) is 6.15. The van der Waals surface area contributed by atoms with Crippen molar-refractivity contribution in [3.8, 4) is 0 Å². The van der Waals surface area contributed by atoms with E-state index in [1.165, 1.54) is 30.5 Å². The molecule has 1 aromatic heterocycles. The number of nitrogens with zero attached hydrogens (tertiary/aromatic N) is 2. The molecule has 0 amide bonds. The van der Waals surface area contributed by atoms with Crippen LogP contribution < -0.4 is 0 Å². The van der Waals surface area contributed by atoms with Gasteiger partial charge in [0.1, 0.15) is 9.34 Å². The van der Waals surface area contributed by atoms with Crippen LogP contribution in [0.3, 0.4) is 0 Å². The molecule has 0 fully saturated rings. The van der Waals surface area contributed by atoms with Crippen molar-refractivity contribution in [2.24, 2.45) is 0 Å². The number of halogens is 1. The van der Waals surface area contributed by atoms with Crippen LogP contribution in [0, 0.1) is 10.1 Å². The number of rotatable bonds is 2. The van der Waals surface area contributed by atoms with E-state index in [9.17, 15) is 10.1 Å². The summed E-state index contributed by atoms with van der Waals surface area (Å²) in [4.78, 5) is 13.6. The first-order chi connectivity index (χ1) is 5.59. The average Bonchev–Trinajstić information content (AvgIpc) is 2.35. The van der Waals surface area contributed by atoms with Crippen LogP contribution in [0.5, 0.6) is 0 Å². The van der Waals surface area contributed by atoms with Crippen LogP contribution in [0.25, 0.3) is 6.08 Å². The Kier molecular flexibility index (Phi) is 2.78. The lowest BCUT2D eigenvalue weighted by Gasteiger charge is -1.85. The first kappa shape index (κ1) is 9.15. The molecule has 64 valence electrons. The minimum absolute atomic E-state index is 0.0565. The predicted octanol–water partition coefficient (Wildman–Crippen LogP) is 2.43. The molecule has 0 bridgehead atoms. The van der Waals surface area contributed by atoms with Crippen molar-refractivity contribution in [3.63, 3.8) is 0 Å². The van der Waals surface area contributed by atoms with E-state index in [-0.39, 0.29) is 5.70 Å². The Labute approximate surface area is 77.7 Å². The van der Waals surface area contributed by atoms with Crippen LogP contribution in [0.4, 0.5) is 0 Å². The van der Waals surface area contributed by atoms with Crippen molar-refractivity contribution < 1.29 is 4.92 Å². The Morgan fingerprint density at radius 3 is 3.00 bits per heavy atom. The van der Waals surface area contributed by atoms with Gasteiger partial charge in [-0.3, -0.25) is 10.1 Å². The lowest BCUT2D eigenvalue weighted by molar-refractivity contribution is -0.422. The molecule has 6 heteroatoms. The van der Waals surface area contributed by atoms with Crippen molar-refractivity contribution in [2.75, 3.05) is 0 Å². The SMILES string of the molecule is C/C(=C/c1ncc(Cl)s1)[N+](=O)[O-]. The zero-order chi connectivity index (χ0) is 9.14. The molecule has 1 heterocycles.